The first-order valence-corrected chi connectivity index (χ1v) is 6.37. The fourth-order valence-corrected chi connectivity index (χ4v) is 1.69. The van der Waals surface area contributed by atoms with E-state index >= 15 is 0 Å². The Morgan fingerprint density at radius 2 is 2.25 bits per heavy atom. The number of nitrogens with zero attached hydrogens (tertiary/aromatic N) is 3. The highest BCUT2D eigenvalue weighted by molar-refractivity contribution is 5.94. The number of pyridine rings is 1. The van der Waals surface area contributed by atoms with Crippen LogP contribution in [0.1, 0.15) is 41.6 Å². The Hall–Kier alpha value is -2.44. The number of anilines is 1. The highest BCUT2D eigenvalue weighted by Crippen LogP contribution is 2.15. The second kappa shape index (κ2) is 6.14. The third kappa shape index (κ3) is 3.53. The van der Waals surface area contributed by atoms with Gasteiger partial charge in [0.25, 0.3) is 5.91 Å². The maximum Gasteiger partial charge on any atom is 0.251 e. The summed E-state index contributed by atoms with van der Waals surface area (Å²) in [4.78, 5) is 20.1. The summed E-state index contributed by atoms with van der Waals surface area (Å²) in [6.45, 7) is 4.43. The molecule has 2 aromatic rings. The molecule has 0 unspecified atom stereocenters. The van der Waals surface area contributed by atoms with Crippen molar-refractivity contribution in [2.24, 2.45) is 0 Å². The first-order chi connectivity index (χ1) is 9.56. The summed E-state index contributed by atoms with van der Waals surface area (Å²) in [5.41, 5.74) is 7.03. The van der Waals surface area contributed by atoms with E-state index in [2.05, 4.69) is 25.0 Å². The molecule has 2 aromatic heterocycles. The van der Waals surface area contributed by atoms with Gasteiger partial charge in [-0.25, -0.2) is 4.98 Å². The number of nitrogens with one attached hydrogen (secondary N) is 1. The van der Waals surface area contributed by atoms with E-state index in [9.17, 15) is 4.79 Å². The minimum Gasteiger partial charge on any atom is -0.384 e. The molecule has 0 aliphatic heterocycles. The van der Waals surface area contributed by atoms with Crippen molar-refractivity contribution in [3.05, 3.63) is 35.6 Å². The molecule has 1 amide bonds. The summed E-state index contributed by atoms with van der Waals surface area (Å²) in [7, 11) is 0. The average molecular weight is 275 g/mol. The molecule has 0 spiro atoms. The van der Waals surface area contributed by atoms with Crippen LogP contribution in [0.15, 0.2) is 23.0 Å². The van der Waals surface area contributed by atoms with E-state index in [-0.39, 0.29) is 11.8 Å². The zero-order valence-corrected chi connectivity index (χ0v) is 11.5. The monoisotopic (exact) mass is 275 g/mol. The largest absolute Gasteiger partial charge is 0.384 e. The van der Waals surface area contributed by atoms with Gasteiger partial charge in [-0.1, -0.05) is 19.0 Å². The van der Waals surface area contributed by atoms with Gasteiger partial charge in [0.05, 0.1) is 0 Å². The van der Waals surface area contributed by atoms with Gasteiger partial charge in [0.1, 0.15) is 5.82 Å². The molecule has 0 aliphatic rings. The number of aromatic nitrogens is 3. The Morgan fingerprint density at radius 3 is 2.90 bits per heavy atom. The van der Waals surface area contributed by atoms with Gasteiger partial charge in [-0.3, -0.25) is 4.79 Å². The van der Waals surface area contributed by atoms with Crippen molar-refractivity contribution in [1.82, 2.24) is 20.4 Å². The van der Waals surface area contributed by atoms with Crippen molar-refractivity contribution in [1.29, 1.82) is 0 Å². The van der Waals surface area contributed by atoms with Crippen LogP contribution < -0.4 is 11.1 Å². The molecular weight excluding hydrogens is 258 g/mol. The number of rotatable bonds is 5. The average Bonchev–Trinajstić information content (AvgIpc) is 2.91. The first-order valence-electron chi connectivity index (χ1n) is 6.37. The highest BCUT2D eigenvalue weighted by Gasteiger charge is 2.11. The van der Waals surface area contributed by atoms with Crippen molar-refractivity contribution < 1.29 is 9.32 Å². The maximum absolute atomic E-state index is 12.0. The highest BCUT2D eigenvalue weighted by atomic mass is 16.5. The van der Waals surface area contributed by atoms with E-state index in [1.807, 2.05) is 13.8 Å². The summed E-state index contributed by atoms with van der Waals surface area (Å²) in [6, 6.07) is 3.32. The minimum atomic E-state index is -0.190. The fraction of sp³-hybridized carbons (Fsp3) is 0.385. The number of nitrogens with two attached hydrogens (primary N) is 1. The van der Waals surface area contributed by atoms with Gasteiger partial charge in [-0.15, -0.1) is 0 Å². The lowest BCUT2D eigenvalue weighted by molar-refractivity contribution is 0.0953. The zero-order chi connectivity index (χ0) is 14.5. The van der Waals surface area contributed by atoms with Crippen LogP contribution in [0, 0.1) is 0 Å². The zero-order valence-electron chi connectivity index (χ0n) is 11.5. The SMILES string of the molecule is CC(C)c1cc(C(=O)NCCc2ncon2)cc(N)n1. The molecule has 106 valence electrons. The summed E-state index contributed by atoms with van der Waals surface area (Å²) in [6.07, 6.45) is 1.77. The van der Waals surface area contributed by atoms with Gasteiger partial charge < -0.3 is 15.6 Å². The number of carbonyl (C=O) groups excluding carboxylic acids is 1. The number of carbonyl (C=O) groups is 1. The third-order valence-corrected chi connectivity index (χ3v) is 2.76. The molecule has 7 nitrogen and oxygen atoms in total. The minimum absolute atomic E-state index is 0.190. The van der Waals surface area contributed by atoms with Crippen LogP contribution in [0.3, 0.4) is 0 Å². The van der Waals surface area contributed by atoms with Crippen molar-refractivity contribution in [3.63, 3.8) is 0 Å². The Balaban J connectivity index is 1.98. The van der Waals surface area contributed by atoms with Gasteiger partial charge in [-0.05, 0) is 18.1 Å². The molecule has 7 heteroatoms. The van der Waals surface area contributed by atoms with E-state index < -0.39 is 0 Å². The number of amides is 1. The van der Waals surface area contributed by atoms with E-state index in [0.29, 0.717) is 30.2 Å². The third-order valence-electron chi connectivity index (χ3n) is 2.76. The normalized spacial score (nSPS) is 10.8. The molecule has 0 saturated carbocycles. The molecule has 0 bridgehead atoms. The lowest BCUT2D eigenvalue weighted by Crippen LogP contribution is -2.26. The second-order valence-corrected chi connectivity index (χ2v) is 4.71. The van der Waals surface area contributed by atoms with Gasteiger partial charge in [0.2, 0.25) is 6.39 Å². The standard InChI is InChI=1S/C13H17N5O2/c1-8(2)10-5-9(6-11(14)17-10)13(19)15-4-3-12-16-7-20-18-12/h5-8H,3-4H2,1-2H3,(H2,14,17)(H,15,19). The molecule has 0 fully saturated rings. The van der Waals surface area contributed by atoms with Crippen molar-refractivity contribution >= 4 is 11.7 Å². The van der Waals surface area contributed by atoms with Crippen LogP contribution in [0.5, 0.6) is 0 Å². The predicted octanol–water partition coefficient (Wildman–Crippen LogP) is 1.14. The Labute approximate surface area is 116 Å². The molecule has 3 N–H and O–H groups in total. The molecule has 2 heterocycles. The molecule has 0 aromatic carbocycles. The number of hydrogen-bond donors (Lipinski definition) is 2. The Morgan fingerprint density at radius 1 is 1.45 bits per heavy atom. The summed E-state index contributed by atoms with van der Waals surface area (Å²) < 4.78 is 4.62. The van der Waals surface area contributed by atoms with Crippen molar-refractivity contribution in [2.75, 3.05) is 12.3 Å². The topological polar surface area (TPSA) is 107 Å². The quantitative estimate of drug-likeness (QED) is 0.847. The lowest BCUT2D eigenvalue weighted by atomic mass is 10.1. The summed E-state index contributed by atoms with van der Waals surface area (Å²) in [5.74, 6) is 0.927. The molecule has 0 saturated heterocycles. The predicted molar refractivity (Wildman–Crippen MR) is 73.1 cm³/mol. The van der Waals surface area contributed by atoms with E-state index in [1.165, 1.54) is 6.39 Å². The van der Waals surface area contributed by atoms with E-state index in [4.69, 9.17) is 5.73 Å². The van der Waals surface area contributed by atoms with Crippen LogP contribution in [0.25, 0.3) is 0 Å². The number of hydrogen-bond acceptors (Lipinski definition) is 6. The van der Waals surface area contributed by atoms with Gasteiger partial charge in [0.15, 0.2) is 5.82 Å². The molecule has 20 heavy (non-hydrogen) atoms. The van der Waals surface area contributed by atoms with Gasteiger partial charge in [-0.2, -0.15) is 4.98 Å². The summed E-state index contributed by atoms with van der Waals surface area (Å²) in [5, 5.41) is 6.46. The second-order valence-electron chi connectivity index (χ2n) is 4.71. The first kappa shape index (κ1) is 14.0. The molecule has 0 atom stereocenters. The van der Waals surface area contributed by atoms with Crippen LogP contribution >= 0.6 is 0 Å². The maximum atomic E-state index is 12.0. The van der Waals surface area contributed by atoms with E-state index in [1.54, 1.807) is 12.1 Å². The van der Waals surface area contributed by atoms with E-state index in [0.717, 1.165) is 5.69 Å². The van der Waals surface area contributed by atoms with Crippen LogP contribution in [0.2, 0.25) is 0 Å². The molecule has 0 radical (unpaired) electrons. The van der Waals surface area contributed by atoms with Crippen molar-refractivity contribution in [3.8, 4) is 0 Å². The molecule has 2 rings (SSSR count). The van der Waals surface area contributed by atoms with Gasteiger partial charge >= 0.3 is 0 Å². The Kier molecular flexibility index (Phi) is 4.29. The van der Waals surface area contributed by atoms with Crippen molar-refractivity contribution in [2.45, 2.75) is 26.2 Å². The Bertz CT molecular complexity index is 580. The van der Waals surface area contributed by atoms with Gasteiger partial charge in [0, 0.05) is 24.2 Å². The summed E-state index contributed by atoms with van der Waals surface area (Å²) >= 11 is 0. The smallest absolute Gasteiger partial charge is 0.251 e. The van der Waals surface area contributed by atoms with Crippen LogP contribution in [-0.2, 0) is 6.42 Å². The molecular formula is C13H17N5O2. The van der Waals surface area contributed by atoms with Crippen LogP contribution in [0.4, 0.5) is 5.82 Å². The lowest BCUT2D eigenvalue weighted by Gasteiger charge is -2.09. The fourth-order valence-electron chi connectivity index (χ4n) is 1.69. The molecule has 0 aliphatic carbocycles. The number of nitrogen functional groups attached to an aromatic ring is 1. The van der Waals surface area contributed by atoms with Crippen LogP contribution in [-0.4, -0.2) is 27.6 Å².